The average Bonchev–Trinajstić information content (AvgIpc) is 3.00. The zero-order valence-corrected chi connectivity index (χ0v) is 14.1. The molecule has 5 nitrogen and oxygen atoms in total. The topological polar surface area (TPSA) is 66.8 Å². The lowest BCUT2D eigenvalue weighted by Crippen LogP contribution is -2.26. The van der Waals surface area contributed by atoms with Crippen LogP contribution in [0.5, 0.6) is 0 Å². The van der Waals surface area contributed by atoms with Gasteiger partial charge in [-0.25, -0.2) is 9.59 Å². The van der Waals surface area contributed by atoms with Crippen LogP contribution in [0.25, 0.3) is 0 Å². The molecule has 1 saturated heterocycles. The van der Waals surface area contributed by atoms with Crippen LogP contribution in [0.3, 0.4) is 0 Å². The number of carboxylic acids is 1. The van der Waals surface area contributed by atoms with Gasteiger partial charge in [0.25, 0.3) is 0 Å². The van der Waals surface area contributed by atoms with Crippen molar-refractivity contribution in [3.8, 4) is 0 Å². The van der Waals surface area contributed by atoms with Crippen molar-refractivity contribution in [2.45, 2.75) is 18.7 Å². The molecular formula is C19H16F3NO4. The van der Waals surface area contributed by atoms with E-state index in [1.165, 1.54) is 29.2 Å². The van der Waals surface area contributed by atoms with E-state index < -0.39 is 29.9 Å². The third-order valence-electron chi connectivity index (χ3n) is 4.34. The standard InChI is InChI=1S/C19H16F3NO4/c20-19(21,22)15-3-1-2-14(10-15)16-11-23(18(26)27-16)9-8-12-4-6-13(7-5-12)17(24)25/h1-7,10,16H,8-9,11H2,(H,24,25). The third-order valence-corrected chi connectivity index (χ3v) is 4.34. The highest BCUT2D eigenvalue weighted by Gasteiger charge is 2.35. The molecule has 0 radical (unpaired) electrons. The average molecular weight is 379 g/mol. The number of benzene rings is 2. The number of amides is 1. The molecule has 0 aromatic heterocycles. The zero-order chi connectivity index (χ0) is 19.6. The van der Waals surface area contributed by atoms with Crippen molar-refractivity contribution in [3.63, 3.8) is 0 Å². The predicted molar refractivity (Wildman–Crippen MR) is 89.3 cm³/mol. The normalized spacial score (nSPS) is 17.1. The summed E-state index contributed by atoms with van der Waals surface area (Å²) in [6.07, 6.45) is -5.32. The molecule has 142 valence electrons. The van der Waals surface area contributed by atoms with Gasteiger partial charge in [-0.2, -0.15) is 13.2 Å². The molecular weight excluding hydrogens is 363 g/mol. The fourth-order valence-corrected chi connectivity index (χ4v) is 2.86. The first-order chi connectivity index (χ1) is 12.7. The van der Waals surface area contributed by atoms with Gasteiger partial charge in [-0.3, -0.25) is 0 Å². The van der Waals surface area contributed by atoms with Crippen LogP contribution in [0.1, 0.15) is 33.2 Å². The number of aromatic carboxylic acids is 1. The number of cyclic esters (lactones) is 1. The van der Waals surface area contributed by atoms with E-state index in [1.54, 1.807) is 12.1 Å². The molecule has 0 bridgehead atoms. The van der Waals surface area contributed by atoms with Crippen LogP contribution in [0.15, 0.2) is 48.5 Å². The van der Waals surface area contributed by atoms with Crippen molar-refractivity contribution < 1.29 is 32.6 Å². The maximum absolute atomic E-state index is 12.8. The number of halogens is 3. The Morgan fingerprint density at radius 2 is 1.89 bits per heavy atom. The van der Waals surface area contributed by atoms with Gasteiger partial charge in [-0.05, 0) is 41.8 Å². The monoisotopic (exact) mass is 379 g/mol. The number of rotatable bonds is 5. The molecule has 1 atom stereocenters. The lowest BCUT2D eigenvalue weighted by molar-refractivity contribution is -0.137. The van der Waals surface area contributed by atoms with Gasteiger partial charge in [0.1, 0.15) is 6.10 Å². The van der Waals surface area contributed by atoms with Gasteiger partial charge in [0.15, 0.2) is 0 Å². The lowest BCUT2D eigenvalue weighted by atomic mass is 10.1. The molecule has 2 aromatic carbocycles. The summed E-state index contributed by atoms with van der Waals surface area (Å²) < 4.78 is 43.7. The Labute approximate surface area is 153 Å². The zero-order valence-electron chi connectivity index (χ0n) is 14.1. The van der Waals surface area contributed by atoms with Crippen LogP contribution in [0.2, 0.25) is 0 Å². The summed E-state index contributed by atoms with van der Waals surface area (Å²) in [4.78, 5) is 24.3. The maximum atomic E-state index is 12.8. The minimum absolute atomic E-state index is 0.160. The number of carbonyl (C=O) groups excluding carboxylic acids is 1. The molecule has 1 aliphatic heterocycles. The van der Waals surface area contributed by atoms with Crippen LogP contribution in [0, 0.1) is 0 Å². The minimum atomic E-state index is -4.46. The fraction of sp³-hybridized carbons (Fsp3) is 0.263. The second kappa shape index (κ2) is 7.30. The first kappa shape index (κ1) is 18.8. The second-order valence-electron chi connectivity index (χ2n) is 6.19. The van der Waals surface area contributed by atoms with Gasteiger partial charge >= 0.3 is 18.2 Å². The highest BCUT2D eigenvalue weighted by Crippen LogP contribution is 2.33. The molecule has 2 aromatic rings. The van der Waals surface area contributed by atoms with E-state index in [1.807, 2.05) is 0 Å². The molecule has 1 unspecified atom stereocenters. The van der Waals surface area contributed by atoms with Crippen molar-refractivity contribution >= 4 is 12.1 Å². The Morgan fingerprint density at radius 3 is 2.52 bits per heavy atom. The SMILES string of the molecule is O=C(O)c1ccc(CCN2CC(c3cccc(C(F)(F)F)c3)OC2=O)cc1. The number of alkyl halides is 3. The summed E-state index contributed by atoms with van der Waals surface area (Å²) in [5, 5.41) is 8.88. The summed E-state index contributed by atoms with van der Waals surface area (Å²) in [6.45, 7) is 0.480. The smallest absolute Gasteiger partial charge is 0.416 e. The van der Waals surface area contributed by atoms with Gasteiger partial charge in [-0.1, -0.05) is 24.3 Å². The Balaban J connectivity index is 1.63. The van der Waals surface area contributed by atoms with E-state index in [0.717, 1.165) is 17.7 Å². The van der Waals surface area contributed by atoms with Crippen LogP contribution in [-0.4, -0.2) is 35.2 Å². The number of carbonyl (C=O) groups is 2. The molecule has 8 heteroatoms. The fourth-order valence-electron chi connectivity index (χ4n) is 2.86. The van der Waals surface area contributed by atoms with Crippen molar-refractivity contribution in [2.75, 3.05) is 13.1 Å². The Hall–Kier alpha value is -3.03. The van der Waals surface area contributed by atoms with Crippen LogP contribution in [-0.2, 0) is 17.3 Å². The van der Waals surface area contributed by atoms with Gasteiger partial charge in [0.2, 0.25) is 0 Å². The first-order valence-electron chi connectivity index (χ1n) is 8.19. The highest BCUT2D eigenvalue weighted by atomic mass is 19.4. The van der Waals surface area contributed by atoms with Crippen molar-refractivity contribution in [3.05, 3.63) is 70.8 Å². The number of ether oxygens (including phenoxy) is 1. The molecule has 0 spiro atoms. The predicted octanol–water partition coefficient (Wildman–Crippen LogP) is 4.14. The van der Waals surface area contributed by atoms with Gasteiger partial charge in [0.05, 0.1) is 17.7 Å². The summed E-state index contributed by atoms with van der Waals surface area (Å²) in [6, 6.07) is 11.0. The van der Waals surface area contributed by atoms with Gasteiger partial charge in [-0.15, -0.1) is 0 Å². The number of nitrogens with zero attached hydrogens (tertiary/aromatic N) is 1. The van der Waals surface area contributed by atoms with E-state index in [-0.39, 0.29) is 12.1 Å². The molecule has 1 N–H and O–H groups in total. The second-order valence-corrected chi connectivity index (χ2v) is 6.19. The molecule has 1 heterocycles. The number of hydrogen-bond donors (Lipinski definition) is 1. The molecule has 27 heavy (non-hydrogen) atoms. The van der Waals surface area contributed by atoms with Crippen LogP contribution >= 0.6 is 0 Å². The van der Waals surface area contributed by atoms with Gasteiger partial charge in [0, 0.05) is 6.54 Å². The number of carboxylic acid groups (broad SMARTS) is 1. The first-order valence-corrected chi connectivity index (χ1v) is 8.19. The maximum Gasteiger partial charge on any atom is 0.416 e. The van der Waals surface area contributed by atoms with E-state index >= 15 is 0 Å². The Morgan fingerprint density at radius 1 is 1.19 bits per heavy atom. The highest BCUT2D eigenvalue weighted by molar-refractivity contribution is 5.87. The minimum Gasteiger partial charge on any atom is -0.478 e. The third kappa shape index (κ3) is 4.39. The summed E-state index contributed by atoms with van der Waals surface area (Å²) in [7, 11) is 0. The summed E-state index contributed by atoms with van der Waals surface area (Å²) >= 11 is 0. The Kier molecular flexibility index (Phi) is 5.07. The van der Waals surface area contributed by atoms with E-state index in [4.69, 9.17) is 9.84 Å². The summed E-state index contributed by atoms with van der Waals surface area (Å²) in [5.41, 5.74) is 0.527. The molecule has 1 fully saturated rings. The van der Waals surface area contributed by atoms with Crippen molar-refractivity contribution in [2.24, 2.45) is 0 Å². The van der Waals surface area contributed by atoms with Crippen LogP contribution in [0.4, 0.5) is 18.0 Å². The number of hydrogen-bond acceptors (Lipinski definition) is 3. The van der Waals surface area contributed by atoms with Gasteiger partial charge < -0.3 is 14.7 Å². The van der Waals surface area contributed by atoms with Crippen molar-refractivity contribution in [1.82, 2.24) is 4.90 Å². The van der Waals surface area contributed by atoms with Crippen LogP contribution < -0.4 is 0 Å². The molecule has 1 amide bonds. The molecule has 3 rings (SSSR count). The Bertz CT molecular complexity index is 849. The van der Waals surface area contributed by atoms with E-state index in [9.17, 15) is 22.8 Å². The quantitative estimate of drug-likeness (QED) is 0.848. The molecule has 1 aliphatic rings. The summed E-state index contributed by atoms with van der Waals surface area (Å²) in [5.74, 6) is -1.02. The largest absolute Gasteiger partial charge is 0.478 e. The molecule has 0 saturated carbocycles. The van der Waals surface area contributed by atoms with E-state index in [0.29, 0.717) is 18.5 Å². The lowest BCUT2D eigenvalue weighted by Gasteiger charge is -2.14. The van der Waals surface area contributed by atoms with E-state index in [2.05, 4.69) is 0 Å². The van der Waals surface area contributed by atoms with Crippen molar-refractivity contribution in [1.29, 1.82) is 0 Å². The molecule has 0 aliphatic carbocycles.